The molecule has 0 aliphatic carbocycles. The minimum absolute atomic E-state index is 0.0617. The molecule has 0 spiro atoms. The minimum atomic E-state index is -0.483. The van der Waals surface area contributed by atoms with Crippen LogP contribution < -0.4 is 19.9 Å². The second-order valence-electron chi connectivity index (χ2n) is 9.99. The lowest BCUT2D eigenvalue weighted by atomic mass is 9.78. The fourth-order valence-corrected chi connectivity index (χ4v) is 5.51. The first-order valence-corrected chi connectivity index (χ1v) is 12.5. The Kier molecular flexibility index (Phi) is 6.73. The molecule has 1 saturated heterocycles. The molecule has 2 aromatic carbocycles. The third-order valence-electron chi connectivity index (χ3n) is 6.95. The summed E-state index contributed by atoms with van der Waals surface area (Å²) in [5, 5.41) is 2.74. The molecule has 0 radical (unpaired) electrons. The van der Waals surface area contributed by atoms with Gasteiger partial charge in [0.1, 0.15) is 11.3 Å². The summed E-state index contributed by atoms with van der Waals surface area (Å²) in [6, 6.07) is 11.3. The standard InChI is InChI=1S/C28H33N3O3S/c1-7-12-30-24-13-17(2)19(14-22(24)18(3)16-28(30,4)5)15-23-25(32)29-27(35)31(26(23)33)20-8-10-21(34-6)11-9-20/h8-11,13-15,18H,7,12,16H2,1-6H3,(H,29,32,35)/b23-15-. The number of carbonyl (C=O) groups excluding carboxylic acids is 2. The molecule has 0 bridgehead atoms. The second kappa shape index (κ2) is 9.46. The maximum atomic E-state index is 13.5. The lowest BCUT2D eigenvalue weighted by molar-refractivity contribution is -0.122. The van der Waals surface area contributed by atoms with Crippen molar-refractivity contribution >= 4 is 46.6 Å². The van der Waals surface area contributed by atoms with Crippen LogP contribution in [-0.2, 0) is 9.59 Å². The van der Waals surface area contributed by atoms with Crippen molar-refractivity contribution in [2.45, 2.75) is 58.9 Å². The van der Waals surface area contributed by atoms with Crippen molar-refractivity contribution in [2.24, 2.45) is 0 Å². The molecule has 4 rings (SSSR count). The Morgan fingerprint density at radius 2 is 1.89 bits per heavy atom. The van der Waals surface area contributed by atoms with Crippen LogP contribution in [0.1, 0.15) is 63.1 Å². The summed E-state index contributed by atoms with van der Waals surface area (Å²) in [6.07, 6.45) is 3.80. The Morgan fingerprint density at radius 1 is 1.20 bits per heavy atom. The monoisotopic (exact) mass is 491 g/mol. The molecule has 35 heavy (non-hydrogen) atoms. The number of aryl methyl sites for hydroxylation is 1. The van der Waals surface area contributed by atoms with Crippen LogP contribution in [0.4, 0.5) is 11.4 Å². The van der Waals surface area contributed by atoms with Crippen LogP contribution in [0.3, 0.4) is 0 Å². The number of methoxy groups -OCH3 is 1. The highest BCUT2D eigenvalue weighted by molar-refractivity contribution is 7.80. The van der Waals surface area contributed by atoms with Crippen LogP contribution in [0.15, 0.2) is 42.0 Å². The number of anilines is 2. The van der Waals surface area contributed by atoms with Crippen molar-refractivity contribution in [3.8, 4) is 5.75 Å². The third-order valence-corrected chi connectivity index (χ3v) is 7.24. The molecule has 2 aliphatic rings. The zero-order valence-electron chi connectivity index (χ0n) is 21.3. The molecule has 2 aliphatic heterocycles. The van der Waals surface area contributed by atoms with Crippen molar-refractivity contribution in [3.05, 3.63) is 58.7 Å². The quantitative estimate of drug-likeness (QED) is 0.348. The number of benzene rings is 2. The molecular formula is C28H33N3O3S. The number of amides is 2. The average Bonchev–Trinajstić information content (AvgIpc) is 2.80. The number of hydrogen-bond acceptors (Lipinski definition) is 5. The Morgan fingerprint density at radius 3 is 2.51 bits per heavy atom. The number of nitrogens with zero attached hydrogens (tertiary/aromatic N) is 2. The lowest BCUT2D eigenvalue weighted by Crippen LogP contribution is -2.54. The zero-order chi connectivity index (χ0) is 25.5. The van der Waals surface area contributed by atoms with E-state index in [9.17, 15) is 9.59 Å². The molecule has 0 saturated carbocycles. The summed E-state index contributed by atoms with van der Waals surface area (Å²) in [5.41, 5.74) is 5.09. The van der Waals surface area contributed by atoms with Gasteiger partial charge in [-0.15, -0.1) is 0 Å². The summed E-state index contributed by atoms with van der Waals surface area (Å²) < 4.78 is 5.21. The van der Waals surface area contributed by atoms with E-state index in [1.807, 2.05) is 6.92 Å². The summed E-state index contributed by atoms with van der Waals surface area (Å²) in [7, 11) is 1.58. The summed E-state index contributed by atoms with van der Waals surface area (Å²) >= 11 is 5.33. The smallest absolute Gasteiger partial charge is 0.270 e. The Balaban J connectivity index is 1.75. The van der Waals surface area contributed by atoms with Gasteiger partial charge in [-0.05, 0) is 111 Å². The van der Waals surface area contributed by atoms with Gasteiger partial charge < -0.3 is 9.64 Å². The number of nitrogens with one attached hydrogen (secondary N) is 1. The molecule has 6 nitrogen and oxygen atoms in total. The van der Waals surface area contributed by atoms with Crippen LogP contribution >= 0.6 is 12.2 Å². The highest BCUT2D eigenvalue weighted by Crippen LogP contribution is 2.44. The number of fused-ring (bicyclic) bond motifs is 1. The van der Waals surface area contributed by atoms with E-state index in [2.05, 4.69) is 50.0 Å². The van der Waals surface area contributed by atoms with Crippen molar-refractivity contribution in [2.75, 3.05) is 23.5 Å². The Labute approximate surface area is 212 Å². The predicted octanol–water partition coefficient (Wildman–Crippen LogP) is 5.34. The summed E-state index contributed by atoms with van der Waals surface area (Å²) in [6.45, 7) is 12.1. The van der Waals surface area contributed by atoms with E-state index in [0.717, 1.165) is 30.5 Å². The van der Waals surface area contributed by atoms with Gasteiger partial charge in [0.25, 0.3) is 11.8 Å². The topological polar surface area (TPSA) is 61.9 Å². The number of hydrogen-bond donors (Lipinski definition) is 1. The van der Waals surface area contributed by atoms with Crippen LogP contribution in [0.5, 0.6) is 5.75 Å². The molecule has 1 atom stereocenters. The SMILES string of the molecule is CCCN1c2cc(C)c(/C=C3/C(=O)NC(=S)N(c4ccc(OC)cc4)C3=O)cc2C(C)CC1(C)C. The molecule has 2 aromatic rings. The first-order chi connectivity index (χ1) is 16.6. The van der Waals surface area contributed by atoms with E-state index < -0.39 is 11.8 Å². The molecule has 1 N–H and O–H groups in total. The fourth-order valence-electron chi connectivity index (χ4n) is 5.23. The van der Waals surface area contributed by atoms with Crippen molar-refractivity contribution in [1.29, 1.82) is 0 Å². The van der Waals surface area contributed by atoms with E-state index in [1.165, 1.54) is 16.2 Å². The zero-order valence-corrected chi connectivity index (χ0v) is 22.1. The van der Waals surface area contributed by atoms with Crippen molar-refractivity contribution < 1.29 is 14.3 Å². The molecule has 1 fully saturated rings. The van der Waals surface area contributed by atoms with Gasteiger partial charge in [0.2, 0.25) is 0 Å². The van der Waals surface area contributed by atoms with Gasteiger partial charge in [-0.25, -0.2) is 0 Å². The second-order valence-corrected chi connectivity index (χ2v) is 10.4. The van der Waals surface area contributed by atoms with Gasteiger partial charge >= 0.3 is 0 Å². The number of carbonyl (C=O) groups is 2. The molecule has 0 aromatic heterocycles. The van der Waals surface area contributed by atoms with Gasteiger partial charge in [0.05, 0.1) is 12.8 Å². The maximum absolute atomic E-state index is 13.5. The number of rotatable bonds is 5. The molecule has 2 heterocycles. The van der Waals surface area contributed by atoms with E-state index in [1.54, 1.807) is 37.5 Å². The first kappa shape index (κ1) is 24.9. The highest BCUT2D eigenvalue weighted by Gasteiger charge is 2.37. The third kappa shape index (κ3) is 4.57. The highest BCUT2D eigenvalue weighted by atomic mass is 32.1. The van der Waals surface area contributed by atoms with Crippen LogP contribution in [0.2, 0.25) is 0 Å². The van der Waals surface area contributed by atoms with Gasteiger partial charge in [0, 0.05) is 17.8 Å². The summed E-state index contributed by atoms with van der Waals surface area (Å²) in [4.78, 5) is 30.1. The number of ether oxygens (including phenoxy) is 1. The van der Waals surface area contributed by atoms with Gasteiger partial charge in [0.15, 0.2) is 5.11 Å². The normalized spacial score (nSPS) is 20.7. The van der Waals surface area contributed by atoms with E-state index in [4.69, 9.17) is 17.0 Å². The lowest BCUT2D eigenvalue weighted by Gasteiger charge is -2.48. The molecule has 1 unspecified atom stereocenters. The van der Waals surface area contributed by atoms with Crippen LogP contribution in [0.25, 0.3) is 6.08 Å². The summed E-state index contributed by atoms with van der Waals surface area (Å²) in [5.74, 6) is 0.111. The fraction of sp³-hybridized carbons (Fsp3) is 0.393. The molecular weight excluding hydrogens is 458 g/mol. The van der Waals surface area contributed by atoms with Gasteiger partial charge in [-0.1, -0.05) is 13.8 Å². The van der Waals surface area contributed by atoms with Gasteiger partial charge in [-0.3, -0.25) is 19.8 Å². The van der Waals surface area contributed by atoms with Crippen molar-refractivity contribution in [1.82, 2.24) is 5.32 Å². The Hall–Kier alpha value is -3.19. The predicted molar refractivity (Wildman–Crippen MR) is 145 cm³/mol. The maximum Gasteiger partial charge on any atom is 0.270 e. The van der Waals surface area contributed by atoms with E-state index >= 15 is 0 Å². The average molecular weight is 492 g/mol. The van der Waals surface area contributed by atoms with Crippen molar-refractivity contribution in [3.63, 3.8) is 0 Å². The molecule has 184 valence electrons. The van der Waals surface area contributed by atoms with Crippen LogP contribution in [-0.4, -0.2) is 36.1 Å². The molecule has 2 amide bonds. The first-order valence-electron chi connectivity index (χ1n) is 12.0. The van der Waals surface area contributed by atoms with E-state index in [-0.39, 0.29) is 16.2 Å². The van der Waals surface area contributed by atoms with Gasteiger partial charge in [-0.2, -0.15) is 0 Å². The molecule has 7 heteroatoms. The number of thiocarbonyl (C=S) groups is 1. The minimum Gasteiger partial charge on any atom is -0.497 e. The largest absolute Gasteiger partial charge is 0.497 e. The van der Waals surface area contributed by atoms with Crippen LogP contribution in [0, 0.1) is 6.92 Å². The van der Waals surface area contributed by atoms with E-state index in [0.29, 0.717) is 17.4 Å². The Bertz CT molecular complexity index is 1220.